The largest absolute Gasteiger partial charge is 0.351 e. The van der Waals surface area contributed by atoms with E-state index in [9.17, 15) is 9.59 Å². The van der Waals surface area contributed by atoms with Gasteiger partial charge in [0.25, 0.3) is 5.91 Å². The number of fused-ring (bicyclic) bond motifs is 1. The van der Waals surface area contributed by atoms with Gasteiger partial charge in [0.15, 0.2) is 0 Å². The molecule has 3 heterocycles. The van der Waals surface area contributed by atoms with Crippen LogP contribution < -0.4 is 11.0 Å². The third-order valence-electron chi connectivity index (χ3n) is 7.52. The standard InChI is InChI=1S/C26H29N5O2/c1-30(20-12-18-6-4-8-22-24(18)31(15-20)26(33)29-22)14-19-11-16(19)9-10-27-25(32)23-13-17-5-2-3-7-21(17)28-23/h2-8,13,16,19-20,28H,9-12,14-15H2,1H3,(H,27,32)(H,29,33)/t16-,19+,20+/m0/s1. The number of rotatable bonds is 7. The molecule has 0 saturated heterocycles. The van der Waals surface area contributed by atoms with Gasteiger partial charge in [-0.05, 0) is 61.9 Å². The van der Waals surface area contributed by atoms with Crippen LogP contribution in [0.5, 0.6) is 0 Å². The number of nitrogens with one attached hydrogen (secondary N) is 3. The number of aromatic amines is 2. The van der Waals surface area contributed by atoms with Gasteiger partial charge in [0.05, 0.1) is 11.0 Å². The molecule has 1 fully saturated rings. The fourth-order valence-corrected chi connectivity index (χ4v) is 5.53. The highest BCUT2D eigenvalue weighted by molar-refractivity contribution is 5.97. The number of para-hydroxylation sites is 2. The summed E-state index contributed by atoms with van der Waals surface area (Å²) in [5.41, 5.74) is 4.86. The highest BCUT2D eigenvalue weighted by Crippen LogP contribution is 2.42. The summed E-state index contributed by atoms with van der Waals surface area (Å²) >= 11 is 0. The van der Waals surface area contributed by atoms with Gasteiger partial charge in [-0.2, -0.15) is 0 Å². The van der Waals surface area contributed by atoms with Crippen LogP contribution >= 0.6 is 0 Å². The van der Waals surface area contributed by atoms with E-state index in [1.807, 2.05) is 47.0 Å². The molecule has 170 valence electrons. The minimum absolute atomic E-state index is 0.00875. The highest BCUT2D eigenvalue weighted by atomic mass is 16.2. The predicted octanol–water partition coefficient (Wildman–Crippen LogP) is 3.12. The molecular formula is C26H29N5O2. The molecule has 1 aliphatic heterocycles. The lowest BCUT2D eigenvalue weighted by molar-refractivity contribution is 0.0948. The Morgan fingerprint density at radius 1 is 1.12 bits per heavy atom. The Bertz CT molecular complexity index is 1360. The summed E-state index contributed by atoms with van der Waals surface area (Å²) in [4.78, 5) is 33.5. The van der Waals surface area contributed by atoms with Crippen LogP contribution in [0, 0.1) is 11.8 Å². The molecule has 0 spiro atoms. The number of carbonyl (C=O) groups excluding carboxylic acids is 1. The van der Waals surface area contributed by atoms with Crippen molar-refractivity contribution in [1.82, 2.24) is 24.8 Å². The summed E-state index contributed by atoms with van der Waals surface area (Å²) in [5.74, 6) is 1.29. The molecule has 4 aromatic rings. The molecule has 2 aliphatic rings. The van der Waals surface area contributed by atoms with E-state index < -0.39 is 0 Å². The Kier molecular flexibility index (Phi) is 4.87. The summed E-state index contributed by atoms with van der Waals surface area (Å²) in [6.07, 6.45) is 3.20. The third-order valence-corrected chi connectivity index (χ3v) is 7.52. The molecule has 0 radical (unpaired) electrons. The van der Waals surface area contributed by atoms with E-state index in [0.717, 1.165) is 47.9 Å². The first-order valence-corrected chi connectivity index (χ1v) is 11.8. The van der Waals surface area contributed by atoms with Gasteiger partial charge >= 0.3 is 5.69 Å². The zero-order valence-corrected chi connectivity index (χ0v) is 18.8. The van der Waals surface area contributed by atoms with Crippen molar-refractivity contribution >= 4 is 27.8 Å². The number of likely N-dealkylation sites (N-methyl/N-ethyl adjacent to an activating group) is 1. The number of hydrogen-bond donors (Lipinski definition) is 3. The number of H-pyrrole nitrogens is 2. The second-order valence-electron chi connectivity index (χ2n) is 9.72. The van der Waals surface area contributed by atoms with Crippen LogP contribution in [0.1, 0.15) is 28.9 Å². The number of carbonyl (C=O) groups is 1. The van der Waals surface area contributed by atoms with Crippen LogP contribution in [0.3, 0.4) is 0 Å². The van der Waals surface area contributed by atoms with Crippen molar-refractivity contribution in [1.29, 1.82) is 0 Å². The monoisotopic (exact) mass is 443 g/mol. The van der Waals surface area contributed by atoms with Gasteiger partial charge in [0.1, 0.15) is 5.69 Å². The number of amides is 1. The predicted molar refractivity (Wildman–Crippen MR) is 130 cm³/mol. The van der Waals surface area contributed by atoms with E-state index in [-0.39, 0.29) is 11.6 Å². The van der Waals surface area contributed by atoms with Crippen LogP contribution in [-0.2, 0) is 13.0 Å². The highest BCUT2D eigenvalue weighted by Gasteiger charge is 2.38. The van der Waals surface area contributed by atoms with Gasteiger partial charge in [-0.15, -0.1) is 0 Å². The molecular weight excluding hydrogens is 414 g/mol. The summed E-state index contributed by atoms with van der Waals surface area (Å²) in [5, 5.41) is 4.13. The zero-order chi connectivity index (χ0) is 22.5. The Balaban J connectivity index is 0.997. The fraction of sp³-hybridized carbons (Fsp3) is 0.385. The fourth-order valence-electron chi connectivity index (χ4n) is 5.53. The Morgan fingerprint density at radius 2 is 1.97 bits per heavy atom. The molecule has 7 nitrogen and oxygen atoms in total. The van der Waals surface area contributed by atoms with Crippen LogP contribution in [0.4, 0.5) is 0 Å². The van der Waals surface area contributed by atoms with Crippen LogP contribution in [-0.4, -0.2) is 51.5 Å². The first kappa shape index (κ1) is 20.3. The quantitative estimate of drug-likeness (QED) is 0.410. The maximum Gasteiger partial charge on any atom is 0.326 e. The maximum atomic E-state index is 12.5. The van der Waals surface area contributed by atoms with E-state index >= 15 is 0 Å². The normalized spacial score (nSPS) is 21.7. The number of benzene rings is 2. The average molecular weight is 444 g/mol. The van der Waals surface area contributed by atoms with Crippen molar-refractivity contribution in [3.8, 4) is 0 Å². The molecule has 1 aliphatic carbocycles. The minimum atomic E-state index is -0.0374. The number of imidazole rings is 1. The van der Waals surface area contributed by atoms with Crippen LogP contribution in [0.2, 0.25) is 0 Å². The summed E-state index contributed by atoms with van der Waals surface area (Å²) in [6.45, 7) is 2.48. The van der Waals surface area contributed by atoms with E-state index in [2.05, 4.69) is 33.3 Å². The molecule has 3 atom stereocenters. The summed E-state index contributed by atoms with van der Waals surface area (Å²) in [6, 6.07) is 16.3. The first-order valence-electron chi connectivity index (χ1n) is 11.8. The Labute approximate surface area is 191 Å². The second kappa shape index (κ2) is 7.92. The molecule has 7 heteroatoms. The van der Waals surface area contributed by atoms with Gasteiger partial charge in [-0.25, -0.2) is 4.79 Å². The van der Waals surface area contributed by atoms with Gasteiger partial charge in [0.2, 0.25) is 0 Å². The maximum absolute atomic E-state index is 12.5. The summed E-state index contributed by atoms with van der Waals surface area (Å²) in [7, 11) is 2.18. The SMILES string of the molecule is CN(C[C@H]1C[C@@H]1CCNC(=O)c1cc2ccccc2[nH]1)[C@@H]1Cc2cccc3[nH]c(=O)n(c23)C1. The first-order chi connectivity index (χ1) is 16.1. The van der Waals surface area contributed by atoms with Crippen molar-refractivity contribution in [3.05, 3.63) is 70.3 Å². The second-order valence-corrected chi connectivity index (χ2v) is 9.72. The van der Waals surface area contributed by atoms with E-state index in [0.29, 0.717) is 30.1 Å². The average Bonchev–Trinajstić information content (AvgIpc) is 3.25. The smallest absolute Gasteiger partial charge is 0.326 e. The van der Waals surface area contributed by atoms with E-state index in [1.54, 1.807) is 0 Å². The van der Waals surface area contributed by atoms with Crippen molar-refractivity contribution in [2.45, 2.75) is 31.8 Å². The third kappa shape index (κ3) is 3.76. The van der Waals surface area contributed by atoms with E-state index in [1.165, 1.54) is 12.0 Å². The lowest BCUT2D eigenvalue weighted by Gasteiger charge is -2.32. The minimum Gasteiger partial charge on any atom is -0.351 e. The molecule has 6 rings (SSSR count). The molecule has 2 aromatic heterocycles. The molecule has 2 aromatic carbocycles. The van der Waals surface area contributed by atoms with Crippen molar-refractivity contribution in [2.24, 2.45) is 11.8 Å². The molecule has 33 heavy (non-hydrogen) atoms. The van der Waals surface area contributed by atoms with Crippen LogP contribution in [0.15, 0.2) is 53.3 Å². The van der Waals surface area contributed by atoms with Gasteiger partial charge in [-0.1, -0.05) is 30.3 Å². The molecule has 1 saturated carbocycles. The molecule has 0 unspecified atom stereocenters. The number of nitrogens with zero attached hydrogens (tertiary/aromatic N) is 2. The summed E-state index contributed by atoms with van der Waals surface area (Å²) < 4.78 is 1.90. The van der Waals surface area contributed by atoms with Gasteiger partial charge in [-0.3, -0.25) is 9.36 Å². The van der Waals surface area contributed by atoms with Crippen LogP contribution in [0.25, 0.3) is 21.9 Å². The topological polar surface area (TPSA) is 85.9 Å². The Hall–Kier alpha value is -3.32. The van der Waals surface area contributed by atoms with Crippen molar-refractivity contribution in [2.75, 3.05) is 20.1 Å². The van der Waals surface area contributed by atoms with Gasteiger partial charge < -0.3 is 20.2 Å². The number of hydrogen-bond acceptors (Lipinski definition) is 3. The lowest BCUT2D eigenvalue weighted by atomic mass is 9.99. The zero-order valence-electron chi connectivity index (χ0n) is 18.8. The molecule has 0 bridgehead atoms. The van der Waals surface area contributed by atoms with Crippen molar-refractivity contribution in [3.63, 3.8) is 0 Å². The number of aromatic nitrogens is 3. The lowest BCUT2D eigenvalue weighted by Crippen LogP contribution is -2.42. The van der Waals surface area contributed by atoms with Gasteiger partial charge in [0, 0.05) is 36.6 Å². The molecule has 3 N–H and O–H groups in total. The van der Waals surface area contributed by atoms with Crippen molar-refractivity contribution < 1.29 is 4.79 Å². The molecule has 1 amide bonds. The Morgan fingerprint density at radius 3 is 2.85 bits per heavy atom. The van der Waals surface area contributed by atoms with E-state index in [4.69, 9.17) is 0 Å².